The molecule has 0 fully saturated rings. The van der Waals surface area contributed by atoms with Crippen molar-refractivity contribution in [1.29, 1.82) is 0 Å². The smallest absolute Gasteiger partial charge is 0.267 e. The van der Waals surface area contributed by atoms with Crippen LogP contribution in [0.15, 0.2) is 46.8 Å². The number of thiophene rings is 1. The second-order valence-corrected chi connectivity index (χ2v) is 5.33. The van der Waals surface area contributed by atoms with Crippen LogP contribution in [0.1, 0.15) is 17.4 Å². The number of fused-ring (bicyclic) bond motifs is 1. The summed E-state index contributed by atoms with van der Waals surface area (Å²) in [7, 11) is 0. The molecular formula is C14H12N4OS. The summed E-state index contributed by atoms with van der Waals surface area (Å²) in [6.07, 6.45) is 7.32. The maximum atomic E-state index is 12.3. The van der Waals surface area contributed by atoms with E-state index in [1.807, 2.05) is 18.2 Å². The van der Waals surface area contributed by atoms with E-state index in [1.165, 1.54) is 11.0 Å². The fourth-order valence-electron chi connectivity index (χ4n) is 1.80. The van der Waals surface area contributed by atoms with Gasteiger partial charge in [-0.25, -0.2) is 4.98 Å². The van der Waals surface area contributed by atoms with Gasteiger partial charge in [0, 0.05) is 22.8 Å². The van der Waals surface area contributed by atoms with Gasteiger partial charge in [0.25, 0.3) is 5.56 Å². The summed E-state index contributed by atoms with van der Waals surface area (Å²) in [5.41, 5.74) is 0.685. The lowest BCUT2D eigenvalue weighted by Crippen LogP contribution is -2.16. The molecule has 0 saturated heterocycles. The fourth-order valence-corrected chi connectivity index (χ4v) is 2.73. The molecule has 0 spiro atoms. The molecule has 0 atom stereocenters. The quantitative estimate of drug-likeness (QED) is 0.693. The highest BCUT2D eigenvalue weighted by atomic mass is 32.1. The molecule has 3 heterocycles. The van der Waals surface area contributed by atoms with Crippen LogP contribution in [0.3, 0.4) is 0 Å². The predicted molar refractivity (Wildman–Crippen MR) is 80.5 cm³/mol. The first-order valence-corrected chi connectivity index (χ1v) is 7.04. The number of hydrogen-bond acceptors (Lipinski definition) is 5. The normalized spacial score (nSPS) is 11.4. The second-order valence-electron chi connectivity index (χ2n) is 4.21. The van der Waals surface area contributed by atoms with Crippen LogP contribution in [-0.2, 0) is 6.42 Å². The maximum absolute atomic E-state index is 12.3. The lowest BCUT2D eigenvalue weighted by Gasteiger charge is -1.96. The molecule has 0 aromatic carbocycles. The van der Waals surface area contributed by atoms with E-state index >= 15 is 0 Å². The zero-order valence-corrected chi connectivity index (χ0v) is 11.7. The van der Waals surface area contributed by atoms with Gasteiger partial charge in [0.05, 0.1) is 11.6 Å². The summed E-state index contributed by atoms with van der Waals surface area (Å²) in [5.74, 6) is 0. The van der Waals surface area contributed by atoms with Crippen molar-refractivity contribution in [1.82, 2.24) is 14.6 Å². The Labute approximate surface area is 119 Å². The van der Waals surface area contributed by atoms with Crippen LogP contribution >= 0.6 is 11.3 Å². The van der Waals surface area contributed by atoms with Crippen molar-refractivity contribution in [2.45, 2.75) is 13.3 Å². The minimum Gasteiger partial charge on any atom is -0.267 e. The van der Waals surface area contributed by atoms with Gasteiger partial charge in [-0.05, 0) is 18.6 Å². The number of aromatic nitrogens is 3. The SMILES string of the molecule is CCc1cc2c(=O)n(/N=C/c3cccnc3)cnc2s1. The Bertz CT molecular complexity index is 820. The molecule has 6 heteroatoms. The molecule has 0 aliphatic carbocycles. The third-order valence-corrected chi connectivity index (χ3v) is 4.04. The maximum Gasteiger partial charge on any atom is 0.282 e. The van der Waals surface area contributed by atoms with Crippen LogP contribution in [0, 0.1) is 0 Å². The van der Waals surface area contributed by atoms with E-state index in [1.54, 1.807) is 29.9 Å². The average molecular weight is 284 g/mol. The summed E-state index contributed by atoms with van der Waals surface area (Å²) in [5, 5.41) is 4.77. The van der Waals surface area contributed by atoms with E-state index in [4.69, 9.17) is 0 Å². The zero-order valence-electron chi connectivity index (χ0n) is 10.9. The summed E-state index contributed by atoms with van der Waals surface area (Å²) in [4.78, 5) is 22.5. The molecule has 0 radical (unpaired) electrons. The van der Waals surface area contributed by atoms with Crippen LogP contribution in [0.4, 0.5) is 0 Å². The Hall–Kier alpha value is -2.34. The molecule has 5 nitrogen and oxygen atoms in total. The van der Waals surface area contributed by atoms with E-state index < -0.39 is 0 Å². The van der Waals surface area contributed by atoms with Gasteiger partial charge in [-0.1, -0.05) is 13.0 Å². The Morgan fingerprint density at radius 2 is 2.40 bits per heavy atom. The van der Waals surface area contributed by atoms with Crippen molar-refractivity contribution < 1.29 is 0 Å². The van der Waals surface area contributed by atoms with E-state index in [-0.39, 0.29) is 5.56 Å². The Morgan fingerprint density at radius 1 is 1.50 bits per heavy atom. The number of aryl methyl sites for hydroxylation is 1. The van der Waals surface area contributed by atoms with Crippen LogP contribution in [-0.4, -0.2) is 20.9 Å². The molecule has 20 heavy (non-hydrogen) atoms. The fraction of sp³-hybridized carbons (Fsp3) is 0.143. The van der Waals surface area contributed by atoms with Crippen LogP contribution in [0.2, 0.25) is 0 Å². The number of pyridine rings is 1. The monoisotopic (exact) mass is 284 g/mol. The first-order valence-electron chi connectivity index (χ1n) is 6.22. The highest BCUT2D eigenvalue weighted by Gasteiger charge is 2.07. The minimum absolute atomic E-state index is 0.147. The Kier molecular flexibility index (Phi) is 3.39. The largest absolute Gasteiger partial charge is 0.282 e. The van der Waals surface area contributed by atoms with E-state index in [0.717, 1.165) is 21.7 Å². The molecule has 0 aliphatic rings. The van der Waals surface area contributed by atoms with Gasteiger partial charge < -0.3 is 0 Å². The molecule has 0 aliphatic heterocycles. The Morgan fingerprint density at radius 3 is 3.15 bits per heavy atom. The first kappa shape index (κ1) is 12.7. The lowest BCUT2D eigenvalue weighted by atomic mass is 10.3. The minimum atomic E-state index is -0.147. The zero-order chi connectivity index (χ0) is 13.9. The summed E-state index contributed by atoms with van der Waals surface area (Å²) in [6.45, 7) is 2.06. The van der Waals surface area contributed by atoms with Crippen LogP contribution < -0.4 is 5.56 Å². The Balaban J connectivity index is 2.02. The summed E-state index contributed by atoms with van der Waals surface area (Å²) in [6, 6.07) is 5.58. The second kappa shape index (κ2) is 5.34. The summed E-state index contributed by atoms with van der Waals surface area (Å²) >= 11 is 1.55. The molecule has 3 aromatic heterocycles. The standard InChI is InChI=1S/C14H12N4OS/c1-2-11-6-12-13(20-11)16-9-18(14(12)19)17-8-10-4-3-5-15-7-10/h3-9H,2H2,1H3/b17-8+. The van der Waals surface area contributed by atoms with Gasteiger partial charge in [0.2, 0.25) is 0 Å². The third-order valence-electron chi connectivity index (χ3n) is 2.85. The number of hydrogen-bond donors (Lipinski definition) is 0. The van der Waals surface area contributed by atoms with Gasteiger partial charge in [-0.3, -0.25) is 9.78 Å². The predicted octanol–water partition coefficient (Wildman–Crippen LogP) is 2.30. The molecular weight excluding hydrogens is 272 g/mol. The molecule has 0 bridgehead atoms. The molecule has 3 aromatic rings. The van der Waals surface area contributed by atoms with Gasteiger partial charge in [0.1, 0.15) is 11.2 Å². The summed E-state index contributed by atoms with van der Waals surface area (Å²) < 4.78 is 1.25. The van der Waals surface area contributed by atoms with Gasteiger partial charge >= 0.3 is 0 Å². The molecule has 0 amide bonds. The highest BCUT2D eigenvalue weighted by molar-refractivity contribution is 7.18. The van der Waals surface area contributed by atoms with Gasteiger partial charge in [-0.15, -0.1) is 11.3 Å². The van der Waals surface area contributed by atoms with Crippen molar-refractivity contribution >= 4 is 27.8 Å². The highest BCUT2D eigenvalue weighted by Crippen LogP contribution is 2.20. The average Bonchev–Trinajstić information content (AvgIpc) is 2.92. The van der Waals surface area contributed by atoms with Crippen molar-refractivity contribution in [3.63, 3.8) is 0 Å². The van der Waals surface area contributed by atoms with Crippen molar-refractivity contribution in [3.05, 3.63) is 57.7 Å². The molecule has 3 rings (SSSR count). The van der Waals surface area contributed by atoms with E-state index in [9.17, 15) is 4.79 Å². The topological polar surface area (TPSA) is 60.1 Å². The lowest BCUT2D eigenvalue weighted by molar-refractivity contribution is 0.818. The number of rotatable bonds is 3. The van der Waals surface area contributed by atoms with Crippen LogP contribution in [0.25, 0.3) is 10.2 Å². The van der Waals surface area contributed by atoms with Crippen molar-refractivity contribution in [3.8, 4) is 0 Å². The molecule has 0 unspecified atom stereocenters. The van der Waals surface area contributed by atoms with E-state index in [0.29, 0.717) is 5.39 Å². The van der Waals surface area contributed by atoms with Crippen LogP contribution in [0.5, 0.6) is 0 Å². The number of nitrogens with zero attached hydrogens (tertiary/aromatic N) is 4. The first-order chi connectivity index (χ1) is 9.78. The molecule has 100 valence electrons. The van der Waals surface area contributed by atoms with Crippen molar-refractivity contribution in [2.24, 2.45) is 5.10 Å². The van der Waals surface area contributed by atoms with E-state index in [2.05, 4.69) is 22.0 Å². The van der Waals surface area contributed by atoms with Crippen molar-refractivity contribution in [2.75, 3.05) is 0 Å². The molecule has 0 saturated carbocycles. The molecule has 0 N–H and O–H groups in total. The van der Waals surface area contributed by atoms with Gasteiger partial charge in [0.15, 0.2) is 0 Å². The third kappa shape index (κ3) is 2.37. The van der Waals surface area contributed by atoms with Gasteiger partial charge in [-0.2, -0.15) is 9.78 Å².